The lowest BCUT2D eigenvalue weighted by atomic mass is 9.57. The number of nitro groups is 1. The smallest absolute Gasteiger partial charge is 0.455 e. The van der Waals surface area contributed by atoms with Gasteiger partial charge in [-0.2, -0.15) is 0 Å². The van der Waals surface area contributed by atoms with E-state index < -0.39 is 30.0 Å². The van der Waals surface area contributed by atoms with E-state index in [1.165, 1.54) is 23.8 Å². The van der Waals surface area contributed by atoms with Crippen molar-refractivity contribution in [3.05, 3.63) is 80.9 Å². The SMILES string of the molecule is CC/C(=C\c1cccc(O)c1)CC[C@H]1OB(O)C[C@H]2C1=C(C(C)C)C[C@H]1C(=O)N(c3cccc([N+](=O)[O-])c3)C(=O)[C@H]12. The minimum absolute atomic E-state index is 0.109. The van der Waals surface area contributed by atoms with Gasteiger partial charge in [-0.1, -0.05) is 56.2 Å². The van der Waals surface area contributed by atoms with Gasteiger partial charge in [0.2, 0.25) is 11.8 Å². The molecule has 10 heteroatoms. The molecular formula is C31H35BN2O7. The van der Waals surface area contributed by atoms with Gasteiger partial charge in [0.15, 0.2) is 0 Å². The Morgan fingerprint density at radius 3 is 2.61 bits per heavy atom. The number of carbonyl (C=O) groups excluding carboxylic acids is 2. The van der Waals surface area contributed by atoms with Crippen LogP contribution in [0.3, 0.4) is 0 Å². The van der Waals surface area contributed by atoms with Crippen molar-refractivity contribution in [2.75, 3.05) is 4.90 Å². The van der Waals surface area contributed by atoms with E-state index in [0.29, 0.717) is 19.3 Å². The number of hydrogen-bond donors (Lipinski definition) is 2. The second-order valence-electron chi connectivity index (χ2n) is 11.5. The lowest BCUT2D eigenvalue weighted by Gasteiger charge is -2.44. The van der Waals surface area contributed by atoms with Crippen LogP contribution in [-0.4, -0.2) is 40.1 Å². The van der Waals surface area contributed by atoms with Crippen LogP contribution in [0.5, 0.6) is 5.75 Å². The molecule has 1 aliphatic carbocycles. The number of nitrogens with zero attached hydrogens (tertiary/aromatic N) is 2. The maximum Gasteiger partial charge on any atom is 0.455 e. The molecule has 3 aliphatic rings. The van der Waals surface area contributed by atoms with Crippen molar-refractivity contribution in [1.82, 2.24) is 0 Å². The first-order valence-electron chi connectivity index (χ1n) is 14.3. The van der Waals surface area contributed by atoms with Gasteiger partial charge in [-0.25, -0.2) is 4.90 Å². The fourth-order valence-electron chi connectivity index (χ4n) is 6.77. The Bertz CT molecular complexity index is 1440. The van der Waals surface area contributed by atoms with Crippen molar-refractivity contribution in [3.8, 4) is 5.75 Å². The summed E-state index contributed by atoms with van der Waals surface area (Å²) >= 11 is 0. The van der Waals surface area contributed by atoms with Gasteiger partial charge < -0.3 is 14.8 Å². The number of fused-ring (bicyclic) bond motifs is 3. The summed E-state index contributed by atoms with van der Waals surface area (Å²) in [4.78, 5) is 39.5. The van der Waals surface area contributed by atoms with E-state index in [4.69, 9.17) is 4.65 Å². The van der Waals surface area contributed by atoms with Crippen molar-refractivity contribution < 1.29 is 29.3 Å². The third-order valence-electron chi connectivity index (χ3n) is 8.66. The molecule has 2 aromatic rings. The van der Waals surface area contributed by atoms with E-state index in [0.717, 1.165) is 28.0 Å². The predicted molar refractivity (Wildman–Crippen MR) is 156 cm³/mol. The molecule has 2 aromatic carbocycles. The van der Waals surface area contributed by atoms with Crippen LogP contribution in [0.1, 0.15) is 52.0 Å². The highest BCUT2D eigenvalue weighted by Gasteiger charge is 2.57. The first-order chi connectivity index (χ1) is 19.6. The fourth-order valence-corrected chi connectivity index (χ4v) is 6.77. The van der Waals surface area contributed by atoms with Crippen molar-refractivity contribution in [2.24, 2.45) is 23.7 Å². The Kier molecular flexibility index (Phi) is 8.15. The van der Waals surface area contributed by atoms with Gasteiger partial charge >= 0.3 is 7.12 Å². The number of carbonyl (C=O) groups is 2. The number of benzene rings is 2. The lowest BCUT2D eigenvalue weighted by Crippen LogP contribution is -2.46. The molecule has 5 rings (SSSR count). The van der Waals surface area contributed by atoms with Crippen LogP contribution in [0.25, 0.3) is 6.08 Å². The molecule has 0 unspecified atom stereocenters. The Hall–Kier alpha value is -3.76. The maximum atomic E-state index is 13.9. The molecule has 4 atom stereocenters. The molecule has 0 aromatic heterocycles. The van der Waals surface area contributed by atoms with Gasteiger partial charge in [0.25, 0.3) is 5.69 Å². The van der Waals surface area contributed by atoms with Crippen molar-refractivity contribution in [3.63, 3.8) is 0 Å². The van der Waals surface area contributed by atoms with E-state index in [-0.39, 0.29) is 47.1 Å². The molecule has 2 heterocycles. The number of rotatable bonds is 8. The highest BCUT2D eigenvalue weighted by molar-refractivity contribution is 6.43. The molecule has 2 amide bonds. The standard InChI is InChI=1S/C31H35BN2O7/c1-4-19(13-20-7-5-10-23(35)14-20)11-12-27-28-24(18(2)3)16-25-29(26(28)17-32(38)41-27)31(37)33(30(25)36)21-8-6-9-22(15-21)34(39)40/h5-10,13-15,18,25-27,29,35,38H,4,11-12,16-17H2,1-3H3/b19-13+/t25-,26+,27-,29-/m1/s1. The number of nitro benzene ring substituents is 1. The normalized spacial score (nSPS) is 24.7. The average Bonchev–Trinajstić information content (AvgIpc) is 3.19. The molecule has 9 nitrogen and oxygen atoms in total. The van der Waals surface area contributed by atoms with E-state index in [9.17, 15) is 29.8 Å². The van der Waals surface area contributed by atoms with Crippen LogP contribution in [0, 0.1) is 33.8 Å². The summed E-state index contributed by atoms with van der Waals surface area (Å²) in [5, 5.41) is 32.0. The molecule has 0 saturated carbocycles. The summed E-state index contributed by atoms with van der Waals surface area (Å²) in [5.41, 5.74) is 4.19. The number of anilines is 1. The summed E-state index contributed by atoms with van der Waals surface area (Å²) in [6.07, 6.45) is 4.39. The quantitative estimate of drug-likeness (QED) is 0.143. The summed E-state index contributed by atoms with van der Waals surface area (Å²) in [5.74, 6) is -2.02. The van der Waals surface area contributed by atoms with Gasteiger partial charge in [-0.3, -0.25) is 19.7 Å². The van der Waals surface area contributed by atoms with Gasteiger partial charge in [-0.05, 0) is 73.2 Å². The molecule has 2 aliphatic heterocycles. The van der Waals surface area contributed by atoms with Crippen molar-refractivity contribution in [2.45, 2.75) is 58.9 Å². The van der Waals surface area contributed by atoms with Crippen LogP contribution >= 0.6 is 0 Å². The summed E-state index contributed by atoms with van der Waals surface area (Å²) < 4.78 is 6.11. The Morgan fingerprint density at radius 1 is 1.17 bits per heavy atom. The van der Waals surface area contributed by atoms with Crippen LogP contribution < -0.4 is 4.90 Å². The highest BCUT2D eigenvalue weighted by atomic mass is 16.6. The minimum atomic E-state index is -1.07. The number of phenols is 1. The minimum Gasteiger partial charge on any atom is -0.508 e. The molecule has 214 valence electrons. The molecule has 2 fully saturated rings. The average molecular weight is 558 g/mol. The molecule has 0 radical (unpaired) electrons. The van der Waals surface area contributed by atoms with Crippen LogP contribution in [0.4, 0.5) is 11.4 Å². The lowest BCUT2D eigenvalue weighted by molar-refractivity contribution is -0.384. The first-order valence-corrected chi connectivity index (χ1v) is 14.3. The largest absolute Gasteiger partial charge is 0.508 e. The third kappa shape index (κ3) is 5.58. The highest BCUT2D eigenvalue weighted by Crippen LogP contribution is 2.52. The zero-order chi connectivity index (χ0) is 29.4. The summed E-state index contributed by atoms with van der Waals surface area (Å²) in [7, 11) is -1.07. The maximum absolute atomic E-state index is 13.9. The summed E-state index contributed by atoms with van der Waals surface area (Å²) in [6, 6.07) is 12.7. The molecular weight excluding hydrogens is 523 g/mol. The monoisotopic (exact) mass is 558 g/mol. The zero-order valence-corrected chi connectivity index (χ0v) is 23.5. The van der Waals surface area contributed by atoms with E-state index >= 15 is 0 Å². The van der Waals surface area contributed by atoms with Gasteiger partial charge in [0.1, 0.15) is 5.75 Å². The van der Waals surface area contributed by atoms with E-state index in [1.54, 1.807) is 24.3 Å². The van der Waals surface area contributed by atoms with Crippen LogP contribution in [0.2, 0.25) is 6.32 Å². The van der Waals surface area contributed by atoms with E-state index in [2.05, 4.69) is 26.8 Å². The number of non-ortho nitro benzene ring substituents is 1. The molecule has 2 N–H and O–H groups in total. The van der Waals surface area contributed by atoms with Crippen molar-refractivity contribution in [1.29, 1.82) is 0 Å². The second-order valence-corrected chi connectivity index (χ2v) is 11.5. The Labute approximate surface area is 239 Å². The predicted octanol–water partition coefficient (Wildman–Crippen LogP) is 5.53. The Morgan fingerprint density at radius 2 is 1.93 bits per heavy atom. The Balaban J connectivity index is 1.46. The van der Waals surface area contributed by atoms with Crippen molar-refractivity contribution >= 4 is 36.4 Å². The molecule has 0 spiro atoms. The van der Waals surface area contributed by atoms with Gasteiger partial charge in [0.05, 0.1) is 28.6 Å². The third-order valence-corrected chi connectivity index (χ3v) is 8.66. The number of hydrogen-bond acceptors (Lipinski definition) is 7. The number of imide groups is 1. The van der Waals surface area contributed by atoms with Crippen LogP contribution in [-0.2, 0) is 14.2 Å². The topological polar surface area (TPSA) is 130 Å². The van der Waals surface area contributed by atoms with Crippen LogP contribution in [0.15, 0.2) is 65.3 Å². The number of allylic oxidation sites excluding steroid dienone is 2. The number of aromatic hydroxyl groups is 1. The number of amides is 2. The molecule has 2 saturated heterocycles. The van der Waals surface area contributed by atoms with Gasteiger partial charge in [0, 0.05) is 12.1 Å². The van der Waals surface area contributed by atoms with E-state index in [1.807, 2.05) is 6.07 Å². The summed E-state index contributed by atoms with van der Waals surface area (Å²) in [6.45, 7) is 6.21. The fraction of sp³-hybridized carbons (Fsp3) is 0.419. The molecule has 41 heavy (non-hydrogen) atoms. The first kappa shape index (κ1) is 28.8. The second kappa shape index (κ2) is 11.6. The molecule has 0 bridgehead atoms. The van der Waals surface area contributed by atoms with Gasteiger partial charge in [-0.15, -0.1) is 0 Å². The zero-order valence-electron chi connectivity index (χ0n) is 23.5. The number of phenolic OH excluding ortho intramolecular Hbond substituents is 1.